The number of carbonyl (C=O) groups is 1. The van der Waals surface area contributed by atoms with Gasteiger partial charge in [0.15, 0.2) is 5.76 Å². The number of nitrogens with zero attached hydrogens (tertiary/aromatic N) is 1. The lowest BCUT2D eigenvalue weighted by atomic mass is 10.2. The smallest absolute Gasteiger partial charge is 0.374 e. The highest BCUT2D eigenvalue weighted by Crippen LogP contribution is 2.27. The van der Waals surface area contributed by atoms with E-state index in [1.54, 1.807) is 13.0 Å². The molecule has 0 bridgehead atoms. The van der Waals surface area contributed by atoms with Crippen LogP contribution in [0, 0.1) is 0 Å². The zero-order chi connectivity index (χ0) is 13.8. The molecule has 1 aromatic rings. The van der Waals surface area contributed by atoms with Gasteiger partial charge in [-0.05, 0) is 39.8 Å². The lowest BCUT2D eigenvalue weighted by Gasteiger charge is -2.37. The van der Waals surface area contributed by atoms with E-state index in [1.165, 1.54) is 0 Å². The van der Waals surface area contributed by atoms with Crippen molar-refractivity contribution in [3.8, 4) is 0 Å². The van der Waals surface area contributed by atoms with Gasteiger partial charge in [-0.2, -0.15) is 0 Å². The van der Waals surface area contributed by atoms with E-state index in [1.807, 2.05) is 6.07 Å². The minimum atomic E-state index is -0.391. The standard InChI is InChI=1S/C14H24NO3.HI/c1-6-15(5,7-2)11(4)12-9-10-13(18-12)14(16)17-8-3;/h9-11H,6-8H2,1-5H3;1H/q+1;/p-1. The van der Waals surface area contributed by atoms with Gasteiger partial charge in [0.25, 0.3) is 0 Å². The van der Waals surface area contributed by atoms with Crippen LogP contribution in [0.2, 0.25) is 0 Å². The van der Waals surface area contributed by atoms with Crippen molar-refractivity contribution in [3.05, 3.63) is 23.7 Å². The van der Waals surface area contributed by atoms with Crippen LogP contribution in [0.3, 0.4) is 0 Å². The molecule has 4 nitrogen and oxygen atoms in total. The minimum Gasteiger partial charge on any atom is -1.00 e. The Morgan fingerprint density at radius 2 is 1.89 bits per heavy atom. The molecule has 1 unspecified atom stereocenters. The third-order valence-corrected chi connectivity index (χ3v) is 3.89. The molecule has 110 valence electrons. The number of furan rings is 1. The van der Waals surface area contributed by atoms with Crippen LogP contribution in [-0.2, 0) is 4.74 Å². The first-order chi connectivity index (χ1) is 8.48. The van der Waals surface area contributed by atoms with Gasteiger partial charge in [0.05, 0.1) is 26.7 Å². The highest BCUT2D eigenvalue weighted by molar-refractivity contribution is 5.86. The van der Waals surface area contributed by atoms with E-state index in [0.717, 1.165) is 23.3 Å². The average molecular weight is 381 g/mol. The van der Waals surface area contributed by atoms with Crippen molar-refractivity contribution in [1.29, 1.82) is 0 Å². The van der Waals surface area contributed by atoms with Crippen LogP contribution in [-0.4, -0.2) is 37.2 Å². The van der Waals surface area contributed by atoms with Crippen molar-refractivity contribution in [2.24, 2.45) is 0 Å². The van der Waals surface area contributed by atoms with Gasteiger partial charge in [-0.1, -0.05) is 0 Å². The Balaban J connectivity index is 0.00000324. The first-order valence-corrected chi connectivity index (χ1v) is 6.59. The lowest BCUT2D eigenvalue weighted by molar-refractivity contribution is -0.935. The average Bonchev–Trinajstić information content (AvgIpc) is 2.86. The van der Waals surface area contributed by atoms with Crippen LogP contribution in [0.25, 0.3) is 0 Å². The van der Waals surface area contributed by atoms with E-state index in [9.17, 15) is 4.79 Å². The van der Waals surface area contributed by atoms with Crippen LogP contribution in [0.1, 0.15) is 50.1 Å². The normalized spacial score (nSPS) is 12.7. The zero-order valence-electron chi connectivity index (χ0n) is 12.4. The number of halogens is 1. The first-order valence-electron chi connectivity index (χ1n) is 6.59. The molecule has 0 saturated heterocycles. The Hall–Kier alpha value is -0.560. The van der Waals surface area contributed by atoms with Gasteiger partial charge in [0.1, 0.15) is 6.04 Å². The van der Waals surface area contributed by atoms with Crippen molar-refractivity contribution in [1.82, 2.24) is 0 Å². The van der Waals surface area contributed by atoms with E-state index < -0.39 is 5.97 Å². The molecular weight excluding hydrogens is 357 g/mol. The molecule has 1 rings (SSSR count). The predicted molar refractivity (Wildman–Crippen MR) is 70.3 cm³/mol. The van der Waals surface area contributed by atoms with Crippen molar-refractivity contribution in [2.45, 2.75) is 33.7 Å². The molecule has 0 amide bonds. The highest BCUT2D eigenvalue weighted by atomic mass is 127. The number of ether oxygens (including phenoxy) is 1. The Labute approximate surface area is 132 Å². The summed E-state index contributed by atoms with van der Waals surface area (Å²) in [4.78, 5) is 11.5. The summed E-state index contributed by atoms with van der Waals surface area (Å²) in [5.41, 5.74) is 0. The first kappa shape index (κ1) is 18.4. The Bertz CT molecular complexity index is 399. The van der Waals surface area contributed by atoms with Gasteiger partial charge in [0, 0.05) is 0 Å². The van der Waals surface area contributed by atoms with Crippen LogP contribution >= 0.6 is 0 Å². The van der Waals surface area contributed by atoms with Gasteiger partial charge < -0.3 is 37.6 Å². The van der Waals surface area contributed by atoms with Crippen molar-refractivity contribution < 1.29 is 42.4 Å². The molecule has 1 atom stereocenters. The van der Waals surface area contributed by atoms with Gasteiger partial charge in [-0.25, -0.2) is 4.79 Å². The number of esters is 1. The second-order valence-electron chi connectivity index (χ2n) is 4.71. The number of rotatable bonds is 6. The lowest BCUT2D eigenvalue weighted by Crippen LogP contribution is -3.00. The summed E-state index contributed by atoms with van der Waals surface area (Å²) in [6, 6.07) is 3.79. The van der Waals surface area contributed by atoms with Gasteiger partial charge >= 0.3 is 5.97 Å². The summed E-state index contributed by atoms with van der Waals surface area (Å²) >= 11 is 0. The molecule has 0 aliphatic rings. The van der Waals surface area contributed by atoms with Crippen molar-refractivity contribution >= 4 is 5.97 Å². The van der Waals surface area contributed by atoms with E-state index in [4.69, 9.17) is 9.15 Å². The Kier molecular flexibility index (Phi) is 7.66. The number of quaternary nitrogens is 1. The summed E-state index contributed by atoms with van der Waals surface area (Å²) in [7, 11) is 2.19. The van der Waals surface area contributed by atoms with Gasteiger partial charge in [-0.15, -0.1) is 0 Å². The SMILES string of the molecule is CCOC(=O)c1ccc(C(C)[N+](C)(CC)CC)o1.[I-]. The maximum atomic E-state index is 11.5. The molecule has 0 N–H and O–H groups in total. The summed E-state index contributed by atoms with van der Waals surface area (Å²) in [5.74, 6) is 0.736. The van der Waals surface area contributed by atoms with Crippen molar-refractivity contribution in [2.75, 3.05) is 26.7 Å². The molecule has 0 saturated carbocycles. The largest absolute Gasteiger partial charge is 1.00 e. The van der Waals surface area contributed by atoms with Gasteiger partial charge in [0.2, 0.25) is 5.76 Å². The molecule has 1 heterocycles. The summed E-state index contributed by atoms with van der Waals surface area (Å²) < 4.78 is 11.4. The van der Waals surface area contributed by atoms with E-state index >= 15 is 0 Å². The minimum absolute atomic E-state index is 0. The molecule has 0 aliphatic heterocycles. The maximum Gasteiger partial charge on any atom is 0.374 e. The van der Waals surface area contributed by atoms with Crippen LogP contribution < -0.4 is 24.0 Å². The maximum absolute atomic E-state index is 11.5. The van der Waals surface area contributed by atoms with E-state index in [0.29, 0.717) is 6.61 Å². The molecule has 0 fully saturated rings. The Morgan fingerprint density at radius 1 is 1.32 bits per heavy atom. The monoisotopic (exact) mass is 381 g/mol. The van der Waals surface area contributed by atoms with Crippen LogP contribution in [0.5, 0.6) is 0 Å². The number of hydrogen-bond donors (Lipinski definition) is 0. The fourth-order valence-electron chi connectivity index (χ4n) is 1.97. The summed E-state index contributed by atoms with van der Waals surface area (Å²) in [6.45, 7) is 10.6. The van der Waals surface area contributed by atoms with E-state index in [2.05, 4.69) is 27.8 Å². The predicted octanol–water partition coefficient (Wildman–Crippen LogP) is 0.00770. The molecule has 0 aliphatic carbocycles. The number of hydrogen-bond acceptors (Lipinski definition) is 3. The molecule has 1 aromatic heterocycles. The molecule has 0 spiro atoms. The fraction of sp³-hybridized carbons (Fsp3) is 0.643. The fourth-order valence-corrected chi connectivity index (χ4v) is 1.97. The molecular formula is C14H24INO3. The third-order valence-electron chi connectivity index (χ3n) is 3.89. The second kappa shape index (κ2) is 7.89. The Morgan fingerprint density at radius 3 is 2.37 bits per heavy atom. The quantitative estimate of drug-likeness (QED) is 0.396. The topological polar surface area (TPSA) is 39.4 Å². The highest BCUT2D eigenvalue weighted by Gasteiger charge is 2.30. The van der Waals surface area contributed by atoms with Crippen LogP contribution in [0.15, 0.2) is 16.5 Å². The molecule has 0 aromatic carbocycles. The van der Waals surface area contributed by atoms with Gasteiger partial charge in [-0.3, -0.25) is 0 Å². The van der Waals surface area contributed by atoms with Crippen LogP contribution in [0.4, 0.5) is 0 Å². The zero-order valence-corrected chi connectivity index (χ0v) is 14.6. The summed E-state index contributed by atoms with van der Waals surface area (Å²) in [5, 5.41) is 0. The molecule has 19 heavy (non-hydrogen) atoms. The third kappa shape index (κ3) is 4.21. The number of carbonyl (C=O) groups excluding carboxylic acids is 1. The summed E-state index contributed by atoms with van der Waals surface area (Å²) in [6.07, 6.45) is 0. The molecule has 0 radical (unpaired) electrons. The second-order valence-corrected chi connectivity index (χ2v) is 4.71. The van der Waals surface area contributed by atoms with E-state index in [-0.39, 0.29) is 35.8 Å². The van der Waals surface area contributed by atoms with Crippen molar-refractivity contribution in [3.63, 3.8) is 0 Å². The molecule has 5 heteroatoms.